The number of carbonyl (C=O) groups excluding carboxylic acids is 3. The van der Waals surface area contributed by atoms with Gasteiger partial charge < -0.3 is 5.73 Å². The minimum Gasteiger partial charge on any atom is -0.398 e. The molecule has 9 heteroatoms. The first kappa shape index (κ1) is 25.5. The summed E-state index contributed by atoms with van der Waals surface area (Å²) in [7, 11) is 0. The Bertz CT molecular complexity index is 1770. The molecule has 1 saturated heterocycles. The van der Waals surface area contributed by atoms with Gasteiger partial charge in [-0.05, 0) is 52.6 Å². The van der Waals surface area contributed by atoms with Gasteiger partial charge in [-0.25, -0.2) is 10.3 Å². The Morgan fingerprint density at radius 2 is 1.51 bits per heavy atom. The zero-order chi connectivity index (χ0) is 28.5. The maximum atomic E-state index is 14.4. The van der Waals surface area contributed by atoms with E-state index in [-0.39, 0.29) is 34.0 Å². The maximum Gasteiger partial charge on any atom is 0.273 e. The van der Waals surface area contributed by atoms with Crippen LogP contribution in [0.15, 0.2) is 96.1 Å². The van der Waals surface area contributed by atoms with E-state index in [1.165, 1.54) is 11.0 Å². The normalized spacial score (nSPS) is 23.9. The fraction of sp³-hybridized carbons (Fsp3) is 0.125. The highest BCUT2D eigenvalue weighted by Gasteiger charge is 2.68. The van der Waals surface area contributed by atoms with Crippen molar-refractivity contribution in [3.8, 4) is 0 Å². The number of halogens is 2. The number of imide groups is 1. The van der Waals surface area contributed by atoms with Crippen molar-refractivity contribution in [2.24, 2.45) is 16.9 Å². The molecule has 2 bridgehead atoms. The summed E-state index contributed by atoms with van der Waals surface area (Å²) >= 11 is 12.6. The van der Waals surface area contributed by atoms with Crippen LogP contribution in [0.25, 0.3) is 0 Å². The monoisotopic (exact) mass is 580 g/mol. The number of nitrogens with one attached hydrogen (secondary N) is 1. The lowest BCUT2D eigenvalue weighted by Crippen LogP contribution is -2.54. The number of anilines is 2. The van der Waals surface area contributed by atoms with Crippen molar-refractivity contribution in [1.82, 2.24) is 5.43 Å². The first-order chi connectivity index (χ1) is 19.8. The average molecular weight is 581 g/mol. The Morgan fingerprint density at radius 3 is 2.17 bits per heavy atom. The van der Waals surface area contributed by atoms with Crippen LogP contribution < -0.4 is 16.1 Å². The summed E-state index contributed by atoms with van der Waals surface area (Å²) < 4.78 is 0. The Balaban J connectivity index is 1.41. The summed E-state index contributed by atoms with van der Waals surface area (Å²) in [4.78, 5) is 42.8. The summed E-state index contributed by atoms with van der Waals surface area (Å²) in [6, 6.07) is 27.0. The highest BCUT2D eigenvalue weighted by Crippen LogP contribution is 2.63. The van der Waals surface area contributed by atoms with Crippen LogP contribution in [0.3, 0.4) is 0 Å². The van der Waals surface area contributed by atoms with Crippen molar-refractivity contribution in [3.63, 3.8) is 0 Å². The zero-order valence-corrected chi connectivity index (χ0v) is 22.9. The van der Waals surface area contributed by atoms with Gasteiger partial charge in [-0.15, -0.1) is 0 Å². The molecule has 4 aliphatic rings. The number of nitrogens with two attached hydrogens (primary N) is 1. The van der Waals surface area contributed by atoms with Crippen LogP contribution in [0.4, 0.5) is 11.4 Å². The number of para-hydroxylation sites is 1. The molecule has 0 aromatic heterocycles. The molecule has 0 unspecified atom stereocenters. The molecule has 1 aliphatic heterocycles. The van der Waals surface area contributed by atoms with Gasteiger partial charge in [-0.2, -0.15) is 5.10 Å². The van der Waals surface area contributed by atoms with Gasteiger partial charge in [-0.3, -0.25) is 14.4 Å². The van der Waals surface area contributed by atoms with Gasteiger partial charge in [0.15, 0.2) is 0 Å². The molecule has 3 aliphatic carbocycles. The van der Waals surface area contributed by atoms with E-state index in [1.54, 1.807) is 42.6 Å². The molecular formula is C32H22Cl2N4O3. The van der Waals surface area contributed by atoms with Gasteiger partial charge >= 0.3 is 0 Å². The van der Waals surface area contributed by atoms with Crippen molar-refractivity contribution in [2.75, 3.05) is 10.6 Å². The minimum absolute atomic E-state index is 0.204. The summed E-state index contributed by atoms with van der Waals surface area (Å²) in [6.07, 6.45) is 1.60. The third-order valence-corrected chi connectivity index (χ3v) is 9.01. The van der Waals surface area contributed by atoms with Crippen molar-refractivity contribution in [1.29, 1.82) is 0 Å². The van der Waals surface area contributed by atoms with Gasteiger partial charge in [0, 0.05) is 22.8 Å². The van der Waals surface area contributed by atoms with Gasteiger partial charge in [0.1, 0.15) is 0 Å². The number of hydrogen-bond donors (Lipinski definition) is 2. The number of nitrogen functional groups attached to an aromatic ring is 1. The van der Waals surface area contributed by atoms with Crippen molar-refractivity contribution < 1.29 is 14.4 Å². The Labute approximate surface area is 245 Å². The van der Waals surface area contributed by atoms with E-state index in [4.69, 9.17) is 28.9 Å². The topological polar surface area (TPSA) is 105 Å². The Morgan fingerprint density at radius 1 is 0.878 bits per heavy atom. The summed E-state index contributed by atoms with van der Waals surface area (Å²) in [5.41, 5.74) is 12.0. The third-order valence-electron chi connectivity index (χ3n) is 8.47. The van der Waals surface area contributed by atoms with Crippen LogP contribution >= 0.6 is 23.2 Å². The van der Waals surface area contributed by atoms with Crippen molar-refractivity contribution in [3.05, 3.63) is 129 Å². The van der Waals surface area contributed by atoms with Gasteiger partial charge in [0.05, 0.1) is 33.5 Å². The molecule has 41 heavy (non-hydrogen) atoms. The predicted octanol–water partition coefficient (Wildman–Crippen LogP) is 5.54. The van der Waals surface area contributed by atoms with Crippen molar-refractivity contribution >= 4 is 58.5 Å². The molecule has 0 spiro atoms. The van der Waals surface area contributed by atoms with E-state index in [2.05, 4.69) is 10.5 Å². The largest absolute Gasteiger partial charge is 0.398 e. The second-order valence-corrected chi connectivity index (χ2v) is 11.3. The molecule has 2 atom stereocenters. The summed E-state index contributed by atoms with van der Waals surface area (Å²) in [5.74, 6) is -3.07. The van der Waals surface area contributed by atoms with E-state index in [1.807, 2.05) is 48.5 Å². The van der Waals surface area contributed by atoms with Gasteiger partial charge in [0.2, 0.25) is 11.8 Å². The molecule has 0 saturated carbocycles. The first-order valence-corrected chi connectivity index (χ1v) is 13.8. The smallest absolute Gasteiger partial charge is 0.273 e. The SMILES string of the molecule is Nc1ccccc1C(=O)N/N=C\C12c3ccccc3C(c3ccccc31)[C@@H]1C(=O)N(c3ccc(Cl)cc3Cl)C(=O)[C@@H]12. The average Bonchev–Trinajstić information content (AvgIpc) is 3.24. The Kier molecular flexibility index (Phi) is 5.78. The van der Waals surface area contributed by atoms with Crippen LogP contribution in [0.2, 0.25) is 10.0 Å². The lowest BCUT2D eigenvalue weighted by molar-refractivity contribution is -0.122. The van der Waals surface area contributed by atoms with Gasteiger partial charge in [0.25, 0.3) is 5.91 Å². The molecule has 202 valence electrons. The zero-order valence-electron chi connectivity index (χ0n) is 21.4. The minimum atomic E-state index is -1.14. The van der Waals surface area contributed by atoms with E-state index in [9.17, 15) is 14.4 Å². The van der Waals surface area contributed by atoms with Crippen LogP contribution in [-0.4, -0.2) is 23.9 Å². The van der Waals surface area contributed by atoms with E-state index in [0.29, 0.717) is 10.7 Å². The van der Waals surface area contributed by atoms with Crippen molar-refractivity contribution in [2.45, 2.75) is 11.3 Å². The molecule has 3 amide bonds. The molecule has 4 aromatic rings. The molecule has 1 fully saturated rings. The fourth-order valence-electron chi connectivity index (χ4n) is 6.91. The number of benzene rings is 4. The molecule has 0 radical (unpaired) electrons. The van der Waals surface area contributed by atoms with Gasteiger partial charge in [-0.1, -0.05) is 83.9 Å². The maximum absolute atomic E-state index is 14.4. The molecule has 1 heterocycles. The third kappa shape index (κ3) is 3.52. The molecule has 3 N–H and O–H groups in total. The molecular weight excluding hydrogens is 559 g/mol. The number of nitrogens with zero attached hydrogens (tertiary/aromatic N) is 2. The highest BCUT2D eigenvalue weighted by atomic mass is 35.5. The lowest BCUT2D eigenvalue weighted by atomic mass is 9.47. The number of hydrazone groups is 1. The number of hydrogen-bond acceptors (Lipinski definition) is 5. The standard InChI is InChI=1S/C32H22Cl2N4O3/c33-17-13-14-25(23(34)15-17)38-30(40)27-26-18-7-1-4-10-21(18)32(28(27)31(38)41,22-11-5-2-8-19(22)26)16-36-37-29(39)20-9-3-6-12-24(20)35/h1-16,26-28H,35H2,(H,37,39)/b36-16-/t26?,27-,28+,32?/m0/s1. The Hall–Kier alpha value is -4.46. The van der Waals surface area contributed by atoms with Crippen LogP contribution in [0, 0.1) is 11.8 Å². The van der Waals surface area contributed by atoms with E-state index < -0.39 is 23.2 Å². The second-order valence-electron chi connectivity index (χ2n) is 10.4. The number of amides is 3. The second kappa shape index (κ2) is 9.29. The predicted molar refractivity (Wildman–Crippen MR) is 158 cm³/mol. The molecule has 7 nitrogen and oxygen atoms in total. The quantitative estimate of drug-likeness (QED) is 0.143. The number of rotatable bonds is 4. The first-order valence-electron chi connectivity index (χ1n) is 13.1. The summed E-state index contributed by atoms with van der Waals surface area (Å²) in [5, 5.41) is 5.02. The van der Waals surface area contributed by atoms with Crippen LogP contribution in [0.1, 0.15) is 38.5 Å². The lowest BCUT2D eigenvalue weighted by Gasteiger charge is -2.52. The van der Waals surface area contributed by atoms with Crippen LogP contribution in [-0.2, 0) is 15.0 Å². The fourth-order valence-corrected chi connectivity index (χ4v) is 7.40. The van der Waals surface area contributed by atoms with E-state index >= 15 is 0 Å². The van der Waals surface area contributed by atoms with Crippen LogP contribution in [0.5, 0.6) is 0 Å². The molecule has 8 rings (SSSR count). The summed E-state index contributed by atoms with van der Waals surface area (Å²) in [6.45, 7) is 0. The number of carbonyl (C=O) groups is 3. The highest BCUT2D eigenvalue weighted by molar-refractivity contribution is 6.38. The van der Waals surface area contributed by atoms with E-state index in [0.717, 1.165) is 22.3 Å². The molecule has 4 aromatic carbocycles.